The van der Waals surface area contributed by atoms with Gasteiger partial charge in [-0.15, -0.1) is 0 Å². The van der Waals surface area contributed by atoms with Crippen molar-refractivity contribution in [3.8, 4) is 17.3 Å². The van der Waals surface area contributed by atoms with Crippen LogP contribution in [0, 0.1) is 11.3 Å². The van der Waals surface area contributed by atoms with Crippen molar-refractivity contribution in [2.75, 3.05) is 0 Å². The van der Waals surface area contributed by atoms with Crippen molar-refractivity contribution in [2.45, 2.75) is 0 Å². The molecule has 0 spiro atoms. The summed E-state index contributed by atoms with van der Waals surface area (Å²) in [7, 11) is 0.0741. The number of nitrogens with zero attached hydrogens (tertiary/aromatic N) is 2. The Morgan fingerprint density at radius 2 is 0.414 bits per heavy atom. The quantitative estimate of drug-likeness (QED) is 0.0583. The van der Waals surface area contributed by atoms with Crippen LogP contribution in [0.5, 0.6) is 0 Å². The maximum Gasteiger partial charge on any atom is 0.193 e. The smallest absolute Gasteiger partial charge is 0.193 e. The molecule has 0 N–H and O–H groups in total. The van der Waals surface area contributed by atoms with Crippen molar-refractivity contribution < 1.29 is 25.2 Å². The van der Waals surface area contributed by atoms with Gasteiger partial charge in [0.1, 0.15) is 11.8 Å². The first kappa shape index (κ1) is 71.7. The molecule has 1 heterocycles. The number of carbonyl (C=O) groups is 1. The van der Waals surface area contributed by atoms with E-state index in [-0.39, 0.29) is 26.2 Å². The van der Waals surface area contributed by atoms with Gasteiger partial charge in [-0.3, -0.25) is 4.79 Å². The average molecular weight is 1440 g/mol. The molecule has 0 aliphatic heterocycles. The molecule has 14 aromatic carbocycles. The van der Waals surface area contributed by atoms with Crippen molar-refractivity contribution in [3.05, 3.63) is 448 Å². The molecule has 0 atom stereocenters. The summed E-state index contributed by atoms with van der Waals surface area (Å²) in [5.74, 6) is 0.0109. The van der Waals surface area contributed by atoms with Gasteiger partial charge in [0.05, 0.1) is 0 Å². The molecule has 0 saturated carbocycles. The van der Waals surface area contributed by atoms with Gasteiger partial charge in [0.2, 0.25) is 0 Å². The molecule has 99 heavy (non-hydrogen) atoms. The minimum absolute atomic E-state index is 0. The Kier molecular flexibility index (Phi) is 28.0. The Labute approximate surface area is 603 Å². The van der Waals surface area contributed by atoms with E-state index in [1.807, 2.05) is 72.3 Å². The van der Waals surface area contributed by atoms with Crippen molar-refractivity contribution in [1.29, 1.82) is 5.26 Å². The number of benzene rings is 14. The molecular weight excluding hydrogens is 1370 g/mol. The van der Waals surface area contributed by atoms with E-state index in [2.05, 4.69) is 370 Å². The second-order valence-electron chi connectivity index (χ2n) is 22.4. The molecule has 0 bridgehead atoms. The minimum atomic E-state index is -0.446. The number of aromatic nitrogens is 1. The third-order valence-electron chi connectivity index (χ3n) is 15.9. The molecule has 0 unspecified atom stereocenters. The zero-order chi connectivity index (χ0) is 67.2. The van der Waals surface area contributed by atoms with Crippen LogP contribution in [0.2, 0.25) is 0 Å². The van der Waals surface area contributed by atoms with E-state index in [1.165, 1.54) is 63.7 Å². The fourth-order valence-corrected chi connectivity index (χ4v) is 20.4. The minimum Gasteiger partial charge on any atom is -0.335 e. The van der Waals surface area contributed by atoms with Crippen LogP contribution in [0.15, 0.2) is 431 Å². The van der Waals surface area contributed by atoms with Gasteiger partial charge in [-0.25, -0.2) is 0 Å². The fourth-order valence-electron chi connectivity index (χ4n) is 11.2. The molecule has 484 valence electrons. The van der Waals surface area contributed by atoms with E-state index in [4.69, 9.17) is 5.26 Å². The average Bonchev–Trinajstić information content (AvgIpc) is 1.71. The molecule has 0 fully saturated rings. The first-order valence-corrected chi connectivity index (χ1v) is 37.9. The van der Waals surface area contributed by atoms with Gasteiger partial charge in [-0.2, -0.15) is 5.26 Å². The summed E-state index contributed by atoms with van der Waals surface area (Å²) in [5.41, 5.74) is 3.88. The van der Waals surface area contributed by atoms with E-state index in [9.17, 15) is 4.79 Å². The van der Waals surface area contributed by atoms with Gasteiger partial charge in [0, 0.05) is 44.3 Å². The van der Waals surface area contributed by atoms with Crippen LogP contribution in [0.4, 0.5) is 0 Å². The van der Waals surface area contributed by atoms with Gasteiger partial charge in [-0.05, 0) is 113 Å². The van der Waals surface area contributed by atoms with Crippen molar-refractivity contribution in [3.63, 3.8) is 0 Å². The largest absolute Gasteiger partial charge is 0.335 e. The van der Waals surface area contributed by atoms with E-state index < -0.39 is 31.7 Å². The molecule has 3 nitrogen and oxygen atoms in total. The van der Waals surface area contributed by atoms with E-state index in [1.54, 1.807) is 6.07 Å². The summed E-state index contributed by atoms with van der Waals surface area (Å²) in [4.78, 5) is 12.4. The topological polar surface area (TPSA) is 45.8 Å². The molecule has 8 heteroatoms. The molecule has 15 rings (SSSR count). The van der Waals surface area contributed by atoms with Crippen LogP contribution in [-0.2, 0) is 27.5 Å². The van der Waals surface area contributed by atoms with Crippen molar-refractivity contribution in [2.24, 2.45) is 7.05 Å². The van der Waals surface area contributed by atoms with E-state index in [0.717, 1.165) is 11.3 Å². The van der Waals surface area contributed by atoms with Crippen LogP contribution in [0.3, 0.4) is 0 Å². The van der Waals surface area contributed by atoms with Crippen LogP contribution >= 0.6 is 31.7 Å². The number of hydrogen-bond donors (Lipinski definition) is 0. The van der Waals surface area contributed by atoms with Crippen LogP contribution < -0.4 is 63.7 Å². The second kappa shape index (κ2) is 38.7. The first-order valence-electron chi connectivity index (χ1n) is 32.6. The fraction of sp³-hybridized carbons (Fsp3) is 0.0110. The molecule has 0 amide bonds. The third kappa shape index (κ3) is 20.3. The predicted octanol–water partition coefficient (Wildman–Crippen LogP) is 17.6. The summed E-state index contributed by atoms with van der Waals surface area (Å²) >= 11 is 0. The van der Waals surface area contributed by atoms with Gasteiger partial charge in [0.25, 0.3) is 0 Å². The SMILES string of the molecule is Cn1c(C#N)ccc1-c1ccc(C(=O)c2ccccc2)cc1.[Pd].c1ccc(P(c2ccccc2)c2ccccc2)cc1.c1ccc(P(c2ccccc2)c2ccccc2)cc1.c1ccc(P(c2ccccc2)c2ccccc2)cc1.c1ccc(P(c2ccccc2)c2ccccc2)cc1. The standard InChI is InChI=1S/C19H14N2O.4C18H15P.Pd/c1-21-17(13-20)11-12-18(21)14-7-9-16(10-8-14)19(22)15-5-3-2-4-6-15;4*1-4-10-16(11-5-1)19(17-12-6-2-7-13-17)18-14-8-3-9-15-18;/h2-12H,1H3;4*1-15H;. The summed E-state index contributed by atoms with van der Waals surface area (Å²) < 4.78 is 1.84. The number of hydrogen-bond acceptors (Lipinski definition) is 2. The van der Waals surface area contributed by atoms with Crippen LogP contribution in [-0.4, -0.2) is 10.4 Å². The third-order valence-corrected chi connectivity index (χ3v) is 25.7. The summed E-state index contributed by atoms with van der Waals surface area (Å²) in [6.45, 7) is 0. The number of rotatable bonds is 15. The monoisotopic (exact) mass is 1440 g/mol. The Morgan fingerprint density at radius 3 is 0.586 bits per heavy atom. The normalized spacial score (nSPS) is 10.4. The van der Waals surface area contributed by atoms with Gasteiger partial charge in [-0.1, -0.05) is 419 Å². The molecular formula is C91H74N2OP4Pd. The maximum absolute atomic E-state index is 12.4. The summed E-state index contributed by atoms with van der Waals surface area (Å²) in [5, 5.41) is 25.8. The summed E-state index contributed by atoms with van der Waals surface area (Å²) in [6, 6.07) is 152. The van der Waals surface area contributed by atoms with Crippen LogP contribution in [0.25, 0.3) is 11.3 Å². The molecule has 0 aliphatic rings. The summed E-state index contributed by atoms with van der Waals surface area (Å²) in [6.07, 6.45) is 0. The Hall–Kier alpha value is -10.1. The zero-order valence-corrected chi connectivity index (χ0v) is 60.0. The van der Waals surface area contributed by atoms with E-state index in [0.29, 0.717) is 16.8 Å². The number of nitriles is 1. The second-order valence-corrected chi connectivity index (χ2v) is 31.3. The molecule has 0 aliphatic carbocycles. The Morgan fingerprint density at radius 1 is 0.242 bits per heavy atom. The Balaban J connectivity index is 0.000000134. The van der Waals surface area contributed by atoms with Gasteiger partial charge in [0.15, 0.2) is 5.78 Å². The predicted molar refractivity (Wildman–Crippen MR) is 426 cm³/mol. The van der Waals surface area contributed by atoms with Crippen molar-refractivity contribution in [1.82, 2.24) is 4.57 Å². The zero-order valence-electron chi connectivity index (χ0n) is 54.9. The molecule has 1 aromatic heterocycles. The molecule has 0 saturated heterocycles. The van der Waals surface area contributed by atoms with Gasteiger partial charge < -0.3 is 4.57 Å². The van der Waals surface area contributed by atoms with E-state index >= 15 is 0 Å². The first-order chi connectivity index (χ1) is 48.5. The number of carbonyl (C=O) groups excluding carboxylic acids is 1. The Bertz CT molecular complexity index is 3930. The molecule has 15 aromatic rings. The van der Waals surface area contributed by atoms with Crippen LogP contribution in [0.1, 0.15) is 21.6 Å². The molecule has 0 radical (unpaired) electrons. The maximum atomic E-state index is 12.4. The number of ketones is 1. The van der Waals surface area contributed by atoms with Crippen molar-refractivity contribution >= 4 is 101 Å². The van der Waals surface area contributed by atoms with Gasteiger partial charge >= 0.3 is 0 Å².